The largest absolute Gasteiger partial charge is 0.321 e. The Morgan fingerprint density at radius 3 is 2.65 bits per heavy atom. The smallest absolute Gasteiger partial charge is 0.109 e. The molecule has 0 atom stereocenters. The molecule has 0 unspecified atom stereocenters. The zero-order valence-electron chi connectivity index (χ0n) is 10.7. The third kappa shape index (κ3) is 3.85. The number of aromatic nitrogens is 2. The van der Waals surface area contributed by atoms with Crippen LogP contribution in [0.1, 0.15) is 51.0 Å². The van der Waals surface area contributed by atoms with Crippen LogP contribution in [0.4, 0.5) is 0 Å². The van der Waals surface area contributed by atoms with Crippen molar-refractivity contribution in [1.29, 1.82) is 5.26 Å². The highest BCUT2D eigenvalue weighted by Crippen LogP contribution is 2.22. The molecule has 94 valence electrons. The molecule has 0 amide bonds. The van der Waals surface area contributed by atoms with Crippen LogP contribution in [0.25, 0.3) is 0 Å². The SMILES string of the molecule is CCCCc1nc(CCC)c(Br)n1CCC#N. The lowest BCUT2D eigenvalue weighted by Crippen LogP contribution is -2.04. The molecule has 1 aromatic heterocycles. The van der Waals surface area contributed by atoms with Gasteiger partial charge in [-0.3, -0.25) is 0 Å². The van der Waals surface area contributed by atoms with Crippen molar-refractivity contribution in [3.8, 4) is 6.07 Å². The number of hydrogen-bond donors (Lipinski definition) is 0. The molecule has 0 fully saturated rings. The van der Waals surface area contributed by atoms with E-state index in [1.54, 1.807) is 0 Å². The molecule has 0 radical (unpaired) electrons. The summed E-state index contributed by atoms with van der Waals surface area (Å²) in [6, 6.07) is 2.20. The molecule has 17 heavy (non-hydrogen) atoms. The highest BCUT2D eigenvalue weighted by atomic mass is 79.9. The third-order valence-corrected chi connectivity index (χ3v) is 3.62. The molecule has 3 nitrogen and oxygen atoms in total. The van der Waals surface area contributed by atoms with Crippen LogP contribution in [0.2, 0.25) is 0 Å². The summed E-state index contributed by atoms with van der Waals surface area (Å²) >= 11 is 3.62. The zero-order chi connectivity index (χ0) is 12.7. The minimum Gasteiger partial charge on any atom is -0.321 e. The van der Waals surface area contributed by atoms with Crippen molar-refractivity contribution in [2.75, 3.05) is 0 Å². The normalized spacial score (nSPS) is 10.5. The van der Waals surface area contributed by atoms with Crippen molar-refractivity contribution in [3.05, 3.63) is 16.1 Å². The first-order valence-corrected chi connectivity index (χ1v) is 7.14. The lowest BCUT2D eigenvalue weighted by Gasteiger charge is -2.06. The number of rotatable bonds is 7. The van der Waals surface area contributed by atoms with Crippen LogP contribution in [0.3, 0.4) is 0 Å². The first kappa shape index (κ1) is 14.2. The number of halogens is 1. The van der Waals surface area contributed by atoms with E-state index in [1.165, 1.54) is 6.42 Å². The molecule has 1 aromatic rings. The molecule has 0 aliphatic rings. The van der Waals surface area contributed by atoms with Gasteiger partial charge in [0.2, 0.25) is 0 Å². The Labute approximate surface area is 112 Å². The second kappa shape index (κ2) is 7.50. The van der Waals surface area contributed by atoms with Crippen molar-refractivity contribution in [2.24, 2.45) is 0 Å². The van der Waals surface area contributed by atoms with Crippen molar-refractivity contribution in [3.63, 3.8) is 0 Å². The molecule has 0 aliphatic heterocycles. The Bertz CT molecular complexity index is 390. The van der Waals surface area contributed by atoms with Crippen LogP contribution in [0.15, 0.2) is 4.60 Å². The molecule has 4 heteroatoms. The van der Waals surface area contributed by atoms with Crippen molar-refractivity contribution in [1.82, 2.24) is 9.55 Å². The zero-order valence-corrected chi connectivity index (χ0v) is 12.3. The first-order chi connectivity index (χ1) is 8.24. The minimum absolute atomic E-state index is 0.541. The van der Waals surface area contributed by atoms with Gasteiger partial charge in [0.05, 0.1) is 18.2 Å². The van der Waals surface area contributed by atoms with Gasteiger partial charge in [-0.05, 0) is 28.8 Å². The molecule has 0 aliphatic carbocycles. The first-order valence-electron chi connectivity index (χ1n) is 6.35. The summed E-state index contributed by atoms with van der Waals surface area (Å²) < 4.78 is 3.23. The van der Waals surface area contributed by atoms with Gasteiger partial charge in [0.1, 0.15) is 10.4 Å². The summed E-state index contributed by atoms with van der Waals surface area (Å²) in [5, 5.41) is 8.70. The van der Waals surface area contributed by atoms with Crippen LogP contribution in [0, 0.1) is 11.3 Å². The fourth-order valence-electron chi connectivity index (χ4n) is 1.84. The van der Waals surface area contributed by atoms with Gasteiger partial charge >= 0.3 is 0 Å². The summed E-state index contributed by atoms with van der Waals surface area (Å²) in [7, 11) is 0. The maximum atomic E-state index is 8.70. The van der Waals surface area contributed by atoms with Gasteiger partial charge in [-0.15, -0.1) is 0 Å². The van der Waals surface area contributed by atoms with Gasteiger partial charge in [-0.25, -0.2) is 4.98 Å². The van der Waals surface area contributed by atoms with Crippen LogP contribution < -0.4 is 0 Å². The van der Waals surface area contributed by atoms with Crippen LogP contribution >= 0.6 is 15.9 Å². The number of hydrogen-bond acceptors (Lipinski definition) is 2. The van der Waals surface area contributed by atoms with Crippen LogP contribution in [-0.2, 0) is 19.4 Å². The predicted molar refractivity (Wildman–Crippen MR) is 72.8 cm³/mol. The van der Waals surface area contributed by atoms with Gasteiger partial charge < -0.3 is 4.57 Å². The van der Waals surface area contributed by atoms with E-state index in [-0.39, 0.29) is 0 Å². The second-order valence-corrected chi connectivity index (χ2v) is 4.93. The van der Waals surface area contributed by atoms with Crippen molar-refractivity contribution < 1.29 is 0 Å². The van der Waals surface area contributed by atoms with E-state index in [2.05, 4.69) is 40.4 Å². The number of imidazole rings is 1. The summed E-state index contributed by atoms with van der Waals surface area (Å²) in [5.74, 6) is 1.12. The highest BCUT2D eigenvalue weighted by Gasteiger charge is 2.13. The number of unbranched alkanes of at least 4 members (excludes halogenated alkanes) is 1. The van der Waals surface area contributed by atoms with E-state index in [4.69, 9.17) is 10.2 Å². The summed E-state index contributed by atoms with van der Waals surface area (Å²) in [6.07, 6.45) is 5.97. The molecule has 0 spiro atoms. The van der Waals surface area contributed by atoms with Gasteiger partial charge in [-0.1, -0.05) is 26.7 Å². The van der Waals surface area contributed by atoms with E-state index >= 15 is 0 Å². The lowest BCUT2D eigenvalue weighted by atomic mass is 10.2. The topological polar surface area (TPSA) is 41.6 Å². The van der Waals surface area contributed by atoms with Crippen LogP contribution in [-0.4, -0.2) is 9.55 Å². The third-order valence-electron chi connectivity index (χ3n) is 2.74. The molecular weight excluding hydrogens is 278 g/mol. The lowest BCUT2D eigenvalue weighted by molar-refractivity contribution is 0.631. The molecule has 0 N–H and O–H groups in total. The minimum atomic E-state index is 0.541. The van der Waals surface area contributed by atoms with E-state index in [0.717, 1.165) is 48.3 Å². The van der Waals surface area contributed by atoms with E-state index < -0.39 is 0 Å². The standard InChI is InChI=1S/C13H20BrN3/c1-3-5-8-12-16-11(7-4-2)13(14)17(12)10-6-9-15/h3-8,10H2,1-2H3. The monoisotopic (exact) mass is 297 g/mol. The van der Waals surface area contributed by atoms with E-state index in [1.807, 2.05) is 0 Å². The molecule has 1 heterocycles. The Morgan fingerprint density at radius 2 is 2.06 bits per heavy atom. The van der Waals surface area contributed by atoms with Crippen LogP contribution in [0.5, 0.6) is 0 Å². The Kier molecular flexibility index (Phi) is 6.28. The fourth-order valence-corrected chi connectivity index (χ4v) is 2.51. The van der Waals surface area contributed by atoms with Crippen molar-refractivity contribution >= 4 is 15.9 Å². The molecule has 1 rings (SSSR count). The average Bonchev–Trinajstić information content (AvgIpc) is 2.62. The van der Waals surface area contributed by atoms with Crippen molar-refractivity contribution in [2.45, 2.75) is 58.9 Å². The van der Waals surface area contributed by atoms with E-state index in [0.29, 0.717) is 6.42 Å². The summed E-state index contributed by atoms with van der Waals surface area (Å²) in [4.78, 5) is 4.70. The molecule has 0 saturated heterocycles. The number of aryl methyl sites for hydroxylation is 2. The summed E-state index contributed by atoms with van der Waals surface area (Å²) in [5.41, 5.74) is 1.14. The maximum absolute atomic E-state index is 8.70. The maximum Gasteiger partial charge on any atom is 0.109 e. The quantitative estimate of drug-likeness (QED) is 0.767. The number of nitriles is 1. The van der Waals surface area contributed by atoms with E-state index in [9.17, 15) is 0 Å². The second-order valence-electron chi connectivity index (χ2n) is 4.18. The summed E-state index contributed by atoms with van der Waals surface area (Å²) in [6.45, 7) is 5.09. The Morgan fingerprint density at radius 1 is 1.29 bits per heavy atom. The predicted octanol–water partition coefficient (Wildman–Crippen LogP) is 3.85. The van der Waals surface area contributed by atoms with Gasteiger partial charge in [0.25, 0.3) is 0 Å². The molecule has 0 bridgehead atoms. The molecule has 0 aromatic carbocycles. The molecule has 0 saturated carbocycles. The average molecular weight is 298 g/mol. The van der Waals surface area contributed by atoms with Gasteiger partial charge in [-0.2, -0.15) is 5.26 Å². The highest BCUT2D eigenvalue weighted by molar-refractivity contribution is 9.10. The number of nitrogens with zero attached hydrogens (tertiary/aromatic N) is 3. The Balaban J connectivity index is 2.91. The Hall–Kier alpha value is -0.820. The fraction of sp³-hybridized carbons (Fsp3) is 0.692. The van der Waals surface area contributed by atoms with Gasteiger partial charge in [0, 0.05) is 13.0 Å². The molecular formula is C13H20BrN3. The van der Waals surface area contributed by atoms with Gasteiger partial charge in [0.15, 0.2) is 0 Å².